The van der Waals surface area contributed by atoms with Gasteiger partial charge in [0.05, 0.1) is 38.4 Å². The molecule has 0 aromatic rings. The minimum Gasteiger partial charge on any atom is -0.480 e. The van der Waals surface area contributed by atoms with Crippen LogP contribution in [0.1, 0.15) is 46.5 Å². The van der Waals surface area contributed by atoms with Gasteiger partial charge >= 0.3 is 11.9 Å². The minimum absolute atomic E-state index is 0.320. The van der Waals surface area contributed by atoms with Crippen molar-refractivity contribution in [2.45, 2.75) is 57.0 Å². The number of aliphatic hydroxyl groups is 4. The number of aliphatic carboxylic acids is 1. The highest BCUT2D eigenvalue weighted by atomic mass is 32.2. The maximum absolute atomic E-state index is 11.5. The van der Waals surface area contributed by atoms with Crippen molar-refractivity contribution >= 4 is 23.7 Å². The third kappa shape index (κ3) is 12.5. The molecule has 0 aliphatic heterocycles. The van der Waals surface area contributed by atoms with Crippen molar-refractivity contribution in [1.29, 1.82) is 0 Å². The third-order valence-corrected chi connectivity index (χ3v) is 4.88. The maximum atomic E-state index is 11.5. The Balaban J connectivity index is 0. The van der Waals surface area contributed by atoms with Crippen LogP contribution in [-0.2, 0) is 14.3 Å². The van der Waals surface area contributed by atoms with Crippen LogP contribution in [0, 0.1) is 5.41 Å². The van der Waals surface area contributed by atoms with Gasteiger partial charge in [0.15, 0.2) is 0 Å². The monoisotopic (exact) mass is 398 g/mol. The zero-order valence-corrected chi connectivity index (χ0v) is 16.7. The number of carbonyl (C=O) groups excluding carboxylic acids is 1. The van der Waals surface area contributed by atoms with Gasteiger partial charge in [0, 0.05) is 0 Å². The molecule has 0 amide bonds. The van der Waals surface area contributed by atoms with Gasteiger partial charge in [0.25, 0.3) is 0 Å². The number of hydrogen-bond acceptors (Lipinski definition) is 8. The first kappa shape index (κ1) is 27.3. The first-order valence-electron chi connectivity index (χ1n) is 8.71. The van der Waals surface area contributed by atoms with Crippen molar-refractivity contribution < 1.29 is 39.9 Å². The quantitative estimate of drug-likeness (QED) is 0.223. The van der Waals surface area contributed by atoms with Crippen molar-refractivity contribution in [2.75, 3.05) is 33.0 Å². The standard InChI is InChI=1S/C12H22O4S.C5H12O4/c1-4-5-6-7-8-16-12(15)10(3)17-9(2)11(13)14;6-1-5(2-7,3-8)4-9/h9-10H,4-8H2,1-3H3,(H,13,14);6-9H,1-4H2. The summed E-state index contributed by atoms with van der Waals surface area (Å²) in [7, 11) is 0. The number of carbonyl (C=O) groups is 2. The third-order valence-electron chi connectivity index (χ3n) is 3.67. The Morgan fingerprint density at radius 1 is 0.923 bits per heavy atom. The molecule has 0 aliphatic carbocycles. The summed E-state index contributed by atoms with van der Waals surface area (Å²) in [6.45, 7) is 4.18. The Kier molecular flexibility index (Phi) is 17.2. The van der Waals surface area contributed by atoms with Crippen LogP contribution in [0.3, 0.4) is 0 Å². The van der Waals surface area contributed by atoms with Crippen molar-refractivity contribution in [3.8, 4) is 0 Å². The molecule has 156 valence electrons. The number of aliphatic hydroxyl groups excluding tert-OH is 4. The molecule has 26 heavy (non-hydrogen) atoms. The summed E-state index contributed by atoms with van der Waals surface area (Å²) in [5, 5.41) is 41.7. The van der Waals surface area contributed by atoms with Gasteiger partial charge in [-0.25, -0.2) is 0 Å². The number of hydrogen-bond donors (Lipinski definition) is 5. The van der Waals surface area contributed by atoms with E-state index in [2.05, 4.69) is 6.92 Å². The van der Waals surface area contributed by atoms with E-state index in [0.717, 1.165) is 37.4 Å². The van der Waals surface area contributed by atoms with E-state index in [4.69, 9.17) is 30.3 Å². The molecule has 0 saturated carbocycles. The van der Waals surface area contributed by atoms with E-state index in [1.54, 1.807) is 13.8 Å². The Morgan fingerprint density at radius 2 is 1.42 bits per heavy atom. The molecule has 0 aromatic carbocycles. The van der Waals surface area contributed by atoms with Gasteiger partial charge in [-0.3, -0.25) is 9.59 Å². The number of rotatable bonds is 13. The lowest BCUT2D eigenvalue weighted by Gasteiger charge is -2.23. The number of unbranched alkanes of at least 4 members (excludes halogenated alkanes) is 3. The summed E-state index contributed by atoms with van der Waals surface area (Å²) in [6.07, 6.45) is 4.25. The van der Waals surface area contributed by atoms with E-state index in [9.17, 15) is 9.59 Å². The van der Waals surface area contributed by atoms with E-state index < -0.39 is 48.3 Å². The van der Waals surface area contributed by atoms with Crippen LogP contribution in [-0.4, -0.2) is 81.0 Å². The van der Waals surface area contributed by atoms with E-state index in [0.29, 0.717) is 6.61 Å². The average Bonchev–Trinajstić information content (AvgIpc) is 2.64. The van der Waals surface area contributed by atoms with Crippen molar-refractivity contribution in [3.63, 3.8) is 0 Å². The van der Waals surface area contributed by atoms with Gasteiger partial charge in [-0.1, -0.05) is 26.2 Å². The molecule has 0 heterocycles. The van der Waals surface area contributed by atoms with Crippen molar-refractivity contribution in [3.05, 3.63) is 0 Å². The number of carboxylic acid groups (broad SMARTS) is 1. The summed E-state index contributed by atoms with van der Waals surface area (Å²) in [5.74, 6) is -1.22. The fourth-order valence-electron chi connectivity index (χ4n) is 1.54. The van der Waals surface area contributed by atoms with Crippen LogP contribution in [0.15, 0.2) is 0 Å². The molecule has 2 unspecified atom stereocenters. The van der Waals surface area contributed by atoms with Gasteiger partial charge in [0.1, 0.15) is 10.5 Å². The first-order valence-corrected chi connectivity index (χ1v) is 9.66. The van der Waals surface area contributed by atoms with E-state index in [1.165, 1.54) is 0 Å². The summed E-state index contributed by atoms with van der Waals surface area (Å²) in [4.78, 5) is 22.1. The normalized spacial score (nSPS) is 13.3. The van der Waals surface area contributed by atoms with Gasteiger partial charge in [-0.2, -0.15) is 0 Å². The van der Waals surface area contributed by atoms with Crippen LogP contribution < -0.4 is 0 Å². The lowest BCUT2D eigenvalue weighted by Crippen LogP contribution is -2.37. The minimum atomic E-state index is -1.11. The van der Waals surface area contributed by atoms with Gasteiger partial charge in [-0.15, -0.1) is 11.8 Å². The van der Waals surface area contributed by atoms with Crippen molar-refractivity contribution in [2.24, 2.45) is 5.41 Å². The number of carboxylic acids is 1. The predicted molar refractivity (Wildman–Crippen MR) is 100 cm³/mol. The Bertz CT molecular complexity index is 356. The second kappa shape index (κ2) is 16.3. The fourth-order valence-corrected chi connectivity index (χ4v) is 2.45. The molecule has 8 nitrogen and oxygen atoms in total. The topological polar surface area (TPSA) is 145 Å². The smallest absolute Gasteiger partial charge is 0.318 e. The highest BCUT2D eigenvalue weighted by molar-refractivity contribution is 8.01. The van der Waals surface area contributed by atoms with Crippen LogP contribution in [0.25, 0.3) is 0 Å². The summed E-state index contributed by atoms with van der Waals surface area (Å²) < 4.78 is 5.08. The molecule has 0 fully saturated rings. The molecule has 0 bridgehead atoms. The summed E-state index contributed by atoms with van der Waals surface area (Å²) >= 11 is 1.11. The molecule has 2 atom stereocenters. The van der Waals surface area contributed by atoms with Crippen LogP contribution in [0.4, 0.5) is 0 Å². The average molecular weight is 399 g/mol. The zero-order chi connectivity index (χ0) is 20.6. The molecule has 5 N–H and O–H groups in total. The molecule has 0 saturated heterocycles. The van der Waals surface area contributed by atoms with Gasteiger partial charge in [0.2, 0.25) is 0 Å². The predicted octanol–water partition coefficient (Wildman–Crippen LogP) is 0.647. The van der Waals surface area contributed by atoms with Gasteiger partial charge < -0.3 is 30.3 Å². The first-order chi connectivity index (χ1) is 12.2. The highest BCUT2D eigenvalue weighted by Crippen LogP contribution is 2.18. The summed E-state index contributed by atoms with van der Waals surface area (Å²) in [6, 6.07) is 0. The van der Waals surface area contributed by atoms with E-state index in [-0.39, 0.29) is 5.97 Å². The number of thioether (sulfide) groups is 1. The molecule has 0 spiro atoms. The molecule has 0 radical (unpaired) electrons. The SMILES string of the molecule is CCCCCCOC(=O)C(C)SC(C)C(=O)O.OCC(CO)(CO)CO. The second-order valence-corrected chi connectivity index (χ2v) is 7.81. The zero-order valence-electron chi connectivity index (χ0n) is 15.9. The molecular weight excluding hydrogens is 364 g/mol. The molecule has 9 heteroatoms. The number of ether oxygens (including phenoxy) is 1. The van der Waals surface area contributed by atoms with E-state index >= 15 is 0 Å². The lowest BCUT2D eigenvalue weighted by atomic mass is 9.93. The Hall–Kier alpha value is -0.870. The van der Waals surface area contributed by atoms with Crippen LogP contribution >= 0.6 is 11.8 Å². The maximum Gasteiger partial charge on any atom is 0.318 e. The molecule has 0 rings (SSSR count). The highest BCUT2D eigenvalue weighted by Gasteiger charge is 2.26. The van der Waals surface area contributed by atoms with Crippen molar-refractivity contribution in [1.82, 2.24) is 0 Å². The largest absolute Gasteiger partial charge is 0.480 e. The second-order valence-electron chi connectivity index (χ2n) is 6.12. The molecule has 0 aromatic heterocycles. The molecule has 0 aliphatic rings. The van der Waals surface area contributed by atoms with Crippen LogP contribution in [0.2, 0.25) is 0 Å². The lowest BCUT2D eigenvalue weighted by molar-refractivity contribution is -0.142. The Morgan fingerprint density at radius 3 is 1.77 bits per heavy atom. The Labute approximate surface area is 159 Å². The number of esters is 1. The fraction of sp³-hybridized carbons (Fsp3) is 0.882. The molecular formula is C17H34O8S. The van der Waals surface area contributed by atoms with Gasteiger partial charge in [-0.05, 0) is 20.3 Å². The van der Waals surface area contributed by atoms with Crippen LogP contribution in [0.5, 0.6) is 0 Å². The van der Waals surface area contributed by atoms with E-state index in [1.807, 2.05) is 0 Å². The summed E-state index contributed by atoms with van der Waals surface area (Å²) in [5.41, 5.74) is -1.11.